The number of methoxy groups -OCH3 is 2. The molecule has 0 radical (unpaired) electrons. The molecule has 21 heavy (non-hydrogen) atoms. The molecule has 1 fully saturated rings. The lowest BCUT2D eigenvalue weighted by molar-refractivity contribution is -0.131. The first-order valence-corrected chi connectivity index (χ1v) is 7.63. The van der Waals surface area contributed by atoms with Crippen LogP contribution in [0.1, 0.15) is 24.8 Å². The molecule has 0 bridgehead atoms. The molecule has 2 rings (SSSR count). The molecule has 0 aliphatic carbocycles. The van der Waals surface area contributed by atoms with Crippen molar-refractivity contribution in [2.24, 2.45) is 5.92 Å². The summed E-state index contributed by atoms with van der Waals surface area (Å²) >= 11 is 0. The molecule has 1 heterocycles. The summed E-state index contributed by atoms with van der Waals surface area (Å²) in [5.41, 5.74) is 0.964. The third-order valence-electron chi connectivity index (χ3n) is 4.23. The van der Waals surface area contributed by atoms with E-state index in [1.54, 1.807) is 14.2 Å². The SMILES string of the molecule is COCCC1CCN(C(=O)Cc2ccccc2OC)CC1. The van der Waals surface area contributed by atoms with E-state index >= 15 is 0 Å². The van der Waals surface area contributed by atoms with Crippen LogP contribution in [0.25, 0.3) is 0 Å². The van der Waals surface area contributed by atoms with Crippen molar-refractivity contribution in [2.45, 2.75) is 25.7 Å². The monoisotopic (exact) mass is 291 g/mol. The Kier molecular flexibility index (Phi) is 6.05. The molecule has 1 amide bonds. The van der Waals surface area contributed by atoms with Crippen LogP contribution in [0.5, 0.6) is 5.75 Å². The zero-order valence-corrected chi connectivity index (χ0v) is 13.0. The zero-order chi connectivity index (χ0) is 15.1. The largest absolute Gasteiger partial charge is 0.496 e. The van der Waals surface area contributed by atoms with Gasteiger partial charge in [-0.05, 0) is 31.2 Å². The van der Waals surface area contributed by atoms with Crippen molar-refractivity contribution in [1.29, 1.82) is 0 Å². The van der Waals surface area contributed by atoms with Gasteiger partial charge >= 0.3 is 0 Å². The Labute approximate surface area is 127 Å². The summed E-state index contributed by atoms with van der Waals surface area (Å²) in [6, 6.07) is 7.73. The summed E-state index contributed by atoms with van der Waals surface area (Å²) in [6.45, 7) is 2.55. The van der Waals surface area contributed by atoms with E-state index < -0.39 is 0 Å². The van der Waals surface area contributed by atoms with Gasteiger partial charge in [-0.3, -0.25) is 4.79 Å². The first-order chi connectivity index (χ1) is 10.2. The number of benzene rings is 1. The van der Waals surface area contributed by atoms with Gasteiger partial charge in [0.2, 0.25) is 5.91 Å². The lowest BCUT2D eigenvalue weighted by Gasteiger charge is -2.32. The number of carbonyl (C=O) groups excluding carboxylic acids is 1. The van der Waals surface area contributed by atoms with Gasteiger partial charge in [0, 0.05) is 32.4 Å². The van der Waals surface area contributed by atoms with Crippen molar-refractivity contribution in [3.05, 3.63) is 29.8 Å². The Bertz CT molecular complexity index is 453. The second kappa shape index (κ2) is 8.03. The topological polar surface area (TPSA) is 38.8 Å². The second-order valence-electron chi connectivity index (χ2n) is 5.59. The molecular weight excluding hydrogens is 266 g/mol. The van der Waals surface area contributed by atoms with E-state index in [0.717, 1.165) is 50.3 Å². The summed E-state index contributed by atoms with van der Waals surface area (Å²) < 4.78 is 10.4. The van der Waals surface area contributed by atoms with Crippen LogP contribution in [0.15, 0.2) is 24.3 Å². The van der Waals surface area contributed by atoms with Crippen LogP contribution in [0, 0.1) is 5.92 Å². The van der Waals surface area contributed by atoms with E-state index in [0.29, 0.717) is 12.3 Å². The number of ether oxygens (including phenoxy) is 2. The van der Waals surface area contributed by atoms with E-state index in [1.165, 1.54) is 0 Å². The van der Waals surface area contributed by atoms with E-state index in [-0.39, 0.29) is 5.91 Å². The Hall–Kier alpha value is -1.55. The maximum absolute atomic E-state index is 12.4. The summed E-state index contributed by atoms with van der Waals surface area (Å²) in [5.74, 6) is 1.69. The van der Waals surface area contributed by atoms with Gasteiger partial charge in [0.1, 0.15) is 5.75 Å². The van der Waals surface area contributed by atoms with E-state index in [9.17, 15) is 4.79 Å². The molecule has 1 aromatic carbocycles. The third kappa shape index (κ3) is 4.46. The lowest BCUT2D eigenvalue weighted by atomic mass is 9.93. The van der Waals surface area contributed by atoms with Crippen LogP contribution in [0.4, 0.5) is 0 Å². The number of para-hydroxylation sites is 1. The third-order valence-corrected chi connectivity index (χ3v) is 4.23. The summed E-state index contributed by atoms with van der Waals surface area (Å²) in [7, 11) is 3.39. The van der Waals surface area contributed by atoms with Crippen molar-refractivity contribution >= 4 is 5.91 Å². The van der Waals surface area contributed by atoms with Gasteiger partial charge < -0.3 is 14.4 Å². The Balaban J connectivity index is 1.85. The van der Waals surface area contributed by atoms with Crippen molar-refractivity contribution < 1.29 is 14.3 Å². The molecule has 1 aromatic rings. The average molecular weight is 291 g/mol. The molecule has 0 spiro atoms. The maximum Gasteiger partial charge on any atom is 0.227 e. The molecule has 1 aliphatic heterocycles. The molecule has 0 unspecified atom stereocenters. The molecule has 4 heteroatoms. The van der Waals surface area contributed by atoms with E-state index in [4.69, 9.17) is 9.47 Å². The summed E-state index contributed by atoms with van der Waals surface area (Å²) in [4.78, 5) is 14.4. The number of likely N-dealkylation sites (tertiary alicyclic amines) is 1. The highest BCUT2D eigenvalue weighted by atomic mass is 16.5. The fourth-order valence-corrected chi connectivity index (χ4v) is 2.88. The number of hydrogen-bond donors (Lipinski definition) is 0. The van der Waals surface area contributed by atoms with Crippen LogP contribution in [-0.2, 0) is 16.0 Å². The first-order valence-electron chi connectivity index (χ1n) is 7.63. The van der Waals surface area contributed by atoms with Gasteiger partial charge in [-0.25, -0.2) is 0 Å². The highest BCUT2D eigenvalue weighted by Crippen LogP contribution is 2.23. The van der Waals surface area contributed by atoms with Crippen LogP contribution in [0.3, 0.4) is 0 Å². The van der Waals surface area contributed by atoms with Crippen molar-refractivity contribution in [1.82, 2.24) is 4.90 Å². The first kappa shape index (κ1) is 15.8. The quantitative estimate of drug-likeness (QED) is 0.808. The minimum absolute atomic E-state index is 0.199. The molecule has 0 N–H and O–H groups in total. The van der Waals surface area contributed by atoms with Gasteiger partial charge in [-0.2, -0.15) is 0 Å². The smallest absolute Gasteiger partial charge is 0.227 e. The Morgan fingerprint density at radius 3 is 2.62 bits per heavy atom. The molecule has 0 atom stereocenters. The standard InChI is InChI=1S/C17H25NO3/c1-20-12-9-14-7-10-18(11-8-14)17(19)13-15-5-3-4-6-16(15)21-2/h3-6,14H,7-13H2,1-2H3. The van der Waals surface area contributed by atoms with Crippen molar-refractivity contribution in [2.75, 3.05) is 33.9 Å². The number of amides is 1. The van der Waals surface area contributed by atoms with E-state index in [1.807, 2.05) is 29.2 Å². The molecule has 1 aliphatic rings. The minimum atomic E-state index is 0.199. The highest BCUT2D eigenvalue weighted by Gasteiger charge is 2.23. The summed E-state index contributed by atoms with van der Waals surface area (Å²) in [5, 5.41) is 0. The average Bonchev–Trinajstić information content (AvgIpc) is 2.54. The predicted molar refractivity (Wildman–Crippen MR) is 82.5 cm³/mol. The number of rotatable bonds is 6. The van der Waals surface area contributed by atoms with Crippen LogP contribution < -0.4 is 4.74 Å². The number of piperidine rings is 1. The second-order valence-corrected chi connectivity index (χ2v) is 5.59. The van der Waals surface area contributed by atoms with Crippen molar-refractivity contribution in [3.63, 3.8) is 0 Å². The molecular formula is C17H25NO3. The number of nitrogens with zero attached hydrogens (tertiary/aromatic N) is 1. The fourth-order valence-electron chi connectivity index (χ4n) is 2.88. The highest BCUT2D eigenvalue weighted by molar-refractivity contribution is 5.79. The normalized spacial score (nSPS) is 16.0. The minimum Gasteiger partial charge on any atom is -0.496 e. The zero-order valence-electron chi connectivity index (χ0n) is 13.0. The molecule has 1 saturated heterocycles. The van der Waals surface area contributed by atoms with E-state index in [2.05, 4.69) is 0 Å². The Morgan fingerprint density at radius 1 is 1.24 bits per heavy atom. The molecule has 4 nitrogen and oxygen atoms in total. The molecule has 0 aromatic heterocycles. The van der Waals surface area contributed by atoms with Crippen LogP contribution in [-0.4, -0.2) is 44.7 Å². The van der Waals surface area contributed by atoms with Crippen LogP contribution in [0.2, 0.25) is 0 Å². The maximum atomic E-state index is 12.4. The summed E-state index contributed by atoms with van der Waals surface area (Å²) in [6.07, 6.45) is 3.69. The van der Waals surface area contributed by atoms with Gasteiger partial charge in [-0.1, -0.05) is 18.2 Å². The molecule has 116 valence electrons. The Morgan fingerprint density at radius 2 is 1.95 bits per heavy atom. The van der Waals surface area contributed by atoms with Crippen molar-refractivity contribution in [3.8, 4) is 5.75 Å². The predicted octanol–water partition coefficient (Wildman–Crippen LogP) is 2.51. The lowest BCUT2D eigenvalue weighted by Crippen LogP contribution is -2.39. The molecule has 0 saturated carbocycles. The van der Waals surface area contributed by atoms with Crippen LogP contribution >= 0.6 is 0 Å². The van der Waals surface area contributed by atoms with Gasteiger partial charge in [0.15, 0.2) is 0 Å². The van der Waals surface area contributed by atoms with Gasteiger partial charge in [0.25, 0.3) is 0 Å². The van der Waals surface area contributed by atoms with Gasteiger partial charge in [0.05, 0.1) is 13.5 Å². The van der Waals surface area contributed by atoms with Gasteiger partial charge in [-0.15, -0.1) is 0 Å². The number of carbonyl (C=O) groups is 1. The number of hydrogen-bond acceptors (Lipinski definition) is 3. The fraction of sp³-hybridized carbons (Fsp3) is 0.588.